The van der Waals surface area contributed by atoms with E-state index >= 15 is 0 Å². The van der Waals surface area contributed by atoms with Crippen LogP contribution in [0.15, 0.2) is 41.8 Å². The minimum absolute atomic E-state index is 0.213. The van der Waals surface area contributed by atoms with Gasteiger partial charge in [-0.2, -0.15) is 0 Å². The quantitative estimate of drug-likeness (QED) is 0.757. The molecule has 4 N–H and O–H groups in total. The summed E-state index contributed by atoms with van der Waals surface area (Å²) >= 11 is 1.16. The van der Waals surface area contributed by atoms with Crippen molar-refractivity contribution in [3.05, 3.63) is 52.9 Å². The number of primary amides is 1. The maximum Gasteiger partial charge on any atom is 0.311 e. The fourth-order valence-corrected chi connectivity index (χ4v) is 2.80. The number of hydrogen-bond acceptors (Lipinski definition) is 4. The Morgan fingerprint density at radius 3 is 2.45 bits per heavy atom. The molecule has 2 aromatic rings. The molecule has 1 atom stereocenters. The lowest BCUT2D eigenvalue weighted by Gasteiger charge is -2.12. The van der Waals surface area contributed by atoms with Gasteiger partial charge in [-0.15, -0.1) is 11.3 Å². The third-order valence-electron chi connectivity index (χ3n) is 3.07. The van der Waals surface area contributed by atoms with Gasteiger partial charge in [0.1, 0.15) is 5.00 Å². The van der Waals surface area contributed by atoms with Gasteiger partial charge >= 0.3 is 5.97 Å². The summed E-state index contributed by atoms with van der Waals surface area (Å²) < 4.78 is 0. The highest BCUT2D eigenvalue weighted by molar-refractivity contribution is 7.14. The Morgan fingerprint density at radius 1 is 1.18 bits per heavy atom. The number of carboxylic acids is 1. The van der Waals surface area contributed by atoms with Crippen molar-refractivity contribution in [1.82, 2.24) is 0 Å². The predicted molar refractivity (Wildman–Crippen MR) is 82.9 cm³/mol. The van der Waals surface area contributed by atoms with Gasteiger partial charge in [-0.1, -0.05) is 30.3 Å². The number of carbonyl (C=O) groups is 3. The Labute approximate surface area is 130 Å². The van der Waals surface area contributed by atoms with E-state index in [9.17, 15) is 19.5 Å². The third-order valence-corrected chi connectivity index (χ3v) is 3.90. The number of amides is 2. The Bertz CT molecular complexity index is 697. The van der Waals surface area contributed by atoms with Gasteiger partial charge in [0.25, 0.3) is 5.91 Å². The van der Waals surface area contributed by atoms with Crippen molar-refractivity contribution in [2.24, 2.45) is 5.73 Å². The molecule has 2 rings (SSSR count). The topological polar surface area (TPSA) is 109 Å². The van der Waals surface area contributed by atoms with Gasteiger partial charge in [0.15, 0.2) is 0 Å². The maximum absolute atomic E-state index is 12.1. The predicted octanol–water partition coefficient (Wildman–Crippen LogP) is 2.04. The molecule has 0 aliphatic heterocycles. The highest BCUT2D eigenvalue weighted by Gasteiger charge is 2.24. The van der Waals surface area contributed by atoms with Gasteiger partial charge in [0.2, 0.25) is 5.91 Å². The van der Waals surface area contributed by atoms with Crippen LogP contribution in [0.3, 0.4) is 0 Å². The maximum atomic E-state index is 12.1. The zero-order valence-electron chi connectivity index (χ0n) is 11.5. The number of aliphatic carboxylic acids is 1. The van der Waals surface area contributed by atoms with Gasteiger partial charge in [0.05, 0.1) is 11.5 Å². The number of carboxylic acid groups (broad SMARTS) is 1. The van der Waals surface area contributed by atoms with Gasteiger partial charge in [0, 0.05) is 6.42 Å². The second kappa shape index (κ2) is 6.86. The van der Waals surface area contributed by atoms with Crippen molar-refractivity contribution in [3.63, 3.8) is 0 Å². The number of thiophene rings is 1. The van der Waals surface area contributed by atoms with Gasteiger partial charge < -0.3 is 16.2 Å². The average molecular weight is 318 g/mol. The highest BCUT2D eigenvalue weighted by atomic mass is 32.1. The van der Waals surface area contributed by atoms with Crippen molar-refractivity contribution in [2.45, 2.75) is 12.3 Å². The minimum atomic E-state index is -1.08. The third kappa shape index (κ3) is 3.70. The second-order valence-electron chi connectivity index (χ2n) is 4.58. The first-order chi connectivity index (χ1) is 10.5. The summed E-state index contributed by atoms with van der Waals surface area (Å²) in [7, 11) is 0. The van der Waals surface area contributed by atoms with E-state index in [2.05, 4.69) is 5.32 Å². The zero-order chi connectivity index (χ0) is 16.1. The Balaban J connectivity index is 2.11. The molecule has 1 unspecified atom stereocenters. The monoisotopic (exact) mass is 318 g/mol. The number of nitrogens with one attached hydrogen (secondary N) is 1. The lowest BCUT2D eigenvalue weighted by molar-refractivity contribution is -0.140. The van der Waals surface area contributed by atoms with E-state index in [0.29, 0.717) is 10.6 Å². The molecule has 0 aliphatic rings. The molecule has 22 heavy (non-hydrogen) atoms. The van der Waals surface area contributed by atoms with Crippen LogP contribution >= 0.6 is 11.3 Å². The summed E-state index contributed by atoms with van der Waals surface area (Å²) in [6.07, 6.45) is -0.227. The second-order valence-corrected chi connectivity index (χ2v) is 5.50. The van der Waals surface area contributed by atoms with Crippen LogP contribution in [0.5, 0.6) is 0 Å². The van der Waals surface area contributed by atoms with Gasteiger partial charge in [-0.25, -0.2) is 0 Å². The van der Waals surface area contributed by atoms with Crippen LogP contribution in [0.2, 0.25) is 0 Å². The van der Waals surface area contributed by atoms with Crippen LogP contribution in [-0.4, -0.2) is 22.9 Å². The first-order valence-electron chi connectivity index (χ1n) is 6.44. The van der Waals surface area contributed by atoms with E-state index in [1.54, 1.807) is 35.7 Å². The van der Waals surface area contributed by atoms with Crippen LogP contribution in [0, 0.1) is 0 Å². The lowest BCUT2D eigenvalue weighted by Crippen LogP contribution is -2.22. The van der Waals surface area contributed by atoms with E-state index < -0.39 is 23.7 Å². The first kappa shape index (κ1) is 15.7. The molecule has 0 aliphatic carbocycles. The van der Waals surface area contributed by atoms with Crippen LogP contribution < -0.4 is 11.1 Å². The van der Waals surface area contributed by atoms with Gasteiger partial charge in [-0.3, -0.25) is 14.4 Å². The van der Waals surface area contributed by atoms with Crippen molar-refractivity contribution in [2.75, 3.05) is 5.32 Å². The number of carbonyl (C=O) groups excluding carboxylic acids is 2. The molecule has 1 heterocycles. The van der Waals surface area contributed by atoms with Crippen molar-refractivity contribution in [1.29, 1.82) is 0 Å². The zero-order valence-corrected chi connectivity index (χ0v) is 12.3. The highest BCUT2D eigenvalue weighted by Crippen LogP contribution is 2.25. The first-order valence-corrected chi connectivity index (χ1v) is 7.32. The number of anilines is 1. The molecule has 0 spiro atoms. The average Bonchev–Trinajstić information content (AvgIpc) is 2.93. The molecule has 0 fully saturated rings. The summed E-state index contributed by atoms with van der Waals surface area (Å²) in [5, 5.41) is 13.8. The van der Waals surface area contributed by atoms with E-state index in [1.807, 2.05) is 0 Å². The summed E-state index contributed by atoms with van der Waals surface area (Å²) in [6, 6.07) is 10.0. The molecule has 7 heteroatoms. The lowest BCUT2D eigenvalue weighted by atomic mass is 9.95. The van der Waals surface area contributed by atoms with Crippen molar-refractivity contribution < 1.29 is 19.5 Å². The van der Waals surface area contributed by atoms with Crippen LogP contribution in [0.25, 0.3) is 0 Å². The minimum Gasteiger partial charge on any atom is -0.481 e. The molecular formula is C15H14N2O4S. The summed E-state index contributed by atoms with van der Waals surface area (Å²) in [5.41, 5.74) is 5.96. The SMILES string of the molecule is NC(=O)c1ccsc1NC(=O)CC(C(=O)O)c1ccccc1. The summed E-state index contributed by atoms with van der Waals surface area (Å²) in [5.74, 6) is -3.16. The van der Waals surface area contributed by atoms with E-state index in [4.69, 9.17) is 5.73 Å². The number of benzene rings is 1. The fourth-order valence-electron chi connectivity index (χ4n) is 2.00. The molecule has 0 radical (unpaired) electrons. The molecular weight excluding hydrogens is 304 g/mol. The summed E-state index contributed by atoms with van der Waals surface area (Å²) in [4.78, 5) is 34.6. The number of nitrogens with two attached hydrogens (primary N) is 1. The molecule has 0 bridgehead atoms. The number of hydrogen-bond donors (Lipinski definition) is 3. The van der Waals surface area contributed by atoms with Gasteiger partial charge in [-0.05, 0) is 17.0 Å². The molecule has 1 aromatic carbocycles. The van der Waals surface area contributed by atoms with Crippen LogP contribution in [0.1, 0.15) is 28.3 Å². The molecule has 0 saturated carbocycles. The van der Waals surface area contributed by atoms with Crippen LogP contribution in [0.4, 0.5) is 5.00 Å². The van der Waals surface area contributed by atoms with Crippen molar-refractivity contribution in [3.8, 4) is 0 Å². The van der Waals surface area contributed by atoms with E-state index in [1.165, 1.54) is 6.07 Å². The molecule has 1 aromatic heterocycles. The van der Waals surface area contributed by atoms with Crippen LogP contribution in [-0.2, 0) is 9.59 Å². The standard InChI is InChI=1S/C15H14N2O4S/c16-13(19)10-6-7-22-14(10)17-12(18)8-11(15(20)21)9-4-2-1-3-5-9/h1-7,11H,8H2,(H2,16,19)(H,17,18)(H,20,21). The summed E-state index contributed by atoms with van der Waals surface area (Å²) in [6.45, 7) is 0. The fraction of sp³-hybridized carbons (Fsp3) is 0.133. The Morgan fingerprint density at radius 2 is 1.86 bits per heavy atom. The molecule has 0 saturated heterocycles. The van der Waals surface area contributed by atoms with E-state index in [-0.39, 0.29) is 12.0 Å². The number of rotatable bonds is 6. The molecule has 6 nitrogen and oxygen atoms in total. The van der Waals surface area contributed by atoms with Crippen molar-refractivity contribution >= 4 is 34.1 Å². The largest absolute Gasteiger partial charge is 0.481 e. The smallest absolute Gasteiger partial charge is 0.311 e. The molecule has 2 amide bonds. The Hall–Kier alpha value is -2.67. The van der Waals surface area contributed by atoms with E-state index in [0.717, 1.165) is 11.3 Å². The Kier molecular flexibility index (Phi) is 4.90. The molecule has 114 valence electrons. The normalized spacial score (nSPS) is 11.6.